The molecule has 21 heavy (non-hydrogen) atoms. The van der Waals surface area contributed by atoms with E-state index in [1.807, 2.05) is 0 Å². The van der Waals surface area contributed by atoms with Crippen LogP contribution in [0.4, 0.5) is 17.6 Å². The number of alkyl halides is 4. The maximum absolute atomic E-state index is 12.7. The van der Waals surface area contributed by atoms with Crippen LogP contribution in [0.15, 0.2) is 36.5 Å². The number of ether oxygens (including phenoxy) is 1. The summed E-state index contributed by atoms with van der Waals surface area (Å²) in [5, 5.41) is 0.550. The van der Waals surface area contributed by atoms with Gasteiger partial charge < -0.3 is 4.74 Å². The molecule has 0 bridgehead atoms. The molecule has 0 aliphatic carbocycles. The van der Waals surface area contributed by atoms with E-state index in [-0.39, 0.29) is 5.56 Å². The lowest BCUT2D eigenvalue weighted by atomic mass is 10.1. The minimum Gasteiger partial charge on any atom is -0.367 e. The Labute approximate surface area is 117 Å². The average molecular weight is 301 g/mol. The smallest absolute Gasteiger partial charge is 0.330 e. The maximum Gasteiger partial charge on any atom is 0.330 e. The number of nitrogens with zero attached hydrogens (tertiary/aromatic N) is 1. The van der Waals surface area contributed by atoms with E-state index in [4.69, 9.17) is 0 Å². The second kappa shape index (κ2) is 6.17. The number of carbonyl (C=O) groups is 1. The van der Waals surface area contributed by atoms with Crippen molar-refractivity contribution in [1.82, 2.24) is 4.98 Å². The van der Waals surface area contributed by atoms with Gasteiger partial charge in [0, 0.05) is 17.1 Å². The number of fused-ring (bicyclic) bond motifs is 1. The second-order valence-electron chi connectivity index (χ2n) is 4.35. The lowest BCUT2D eigenvalue weighted by Gasteiger charge is -2.14. The van der Waals surface area contributed by atoms with Gasteiger partial charge in [-0.05, 0) is 12.1 Å². The summed E-state index contributed by atoms with van der Waals surface area (Å²) in [5.74, 6) is -4.83. The molecule has 0 radical (unpaired) electrons. The van der Waals surface area contributed by atoms with E-state index in [9.17, 15) is 22.4 Å². The Morgan fingerprint density at radius 3 is 2.71 bits per heavy atom. The first-order valence-corrected chi connectivity index (χ1v) is 6.02. The molecule has 2 rings (SSSR count). The molecule has 0 saturated carbocycles. The number of rotatable bonds is 6. The van der Waals surface area contributed by atoms with Crippen molar-refractivity contribution in [2.45, 2.75) is 12.3 Å². The van der Waals surface area contributed by atoms with E-state index in [0.717, 1.165) is 0 Å². The fourth-order valence-electron chi connectivity index (χ4n) is 1.77. The lowest BCUT2D eigenvalue weighted by Crippen LogP contribution is -2.33. The molecule has 1 heterocycles. The summed E-state index contributed by atoms with van der Waals surface area (Å²) < 4.78 is 53.6. The lowest BCUT2D eigenvalue weighted by molar-refractivity contribution is -0.163. The predicted molar refractivity (Wildman–Crippen MR) is 67.8 cm³/mol. The number of aromatic nitrogens is 1. The standard InChI is InChI=1S/C14H11F4NO2/c15-13(16)14(17,18)8-21-7-12(20)10-3-1-5-11-9(10)4-2-6-19-11/h1-6,13H,7-8H2. The first-order chi connectivity index (χ1) is 9.92. The van der Waals surface area contributed by atoms with Crippen LogP contribution in [-0.4, -0.2) is 36.3 Å². The van der Waals surface area contributed by atoms with Crippen LogP contribution in [0.1, 0.15) is 10.4 Å². The highest BCUT2D eigenvalue weighted by Crippen LogP contribution is 2.23. The summed E-state index contributed by atoms with van der Waals surface area (Å²) >= 11 is 0. The molecule has 0 atom stereocenters. The Balaban J connectivity index is 2.07. The fraction of sp³-hybridized carbons (Fsp3) is 0.286. The topological polar surface area (TPSA) is 39.2 Å². The molecule has 0 spiro atoms. The Morgan fingerprint density at radius 2 is 2.00 bits per heavy atom. The molecule has 7 heteroatoms. The molecule has 2 aromatic rings. The summed E-state index contributed by atoms with van der Waals surface area (Å²) in [6.45, 7) is -2.20. The van der Waals surface area contributed by atoms with E-state index >= 15 is 0 Å². The van der Waals surface area contributed by atoms with E-state index in [0.29, 0.717) is 10.9 Å². The van der Waals surface area contributed by atoms with Gasteiger partial charge in [0.05, 0.1) is 5.52 Å². The van der Waals surface area contributed by atoms with Crippen molar-refractivity contribution in [1.29, 1.82) is 0 Å². The van der Waals surface area contributed by atoms with Gasteiger partial charge in [-0.3, -0.25) is 9.78 Å². The molecule has 0 saturated heterocycles. The molecule has 0 amide bonds. The van der Waals surface area contributed by atoms with E-state index in [1.54, 1.807) is 30.5 Å². The summed E-state index contributed by atoms with van der Waals surface area (Å²) in [4.78, 5) is 16.0. The Hall–Kier alpha value is -2.02. The van der Waals surface area contributed by atoms with Gasteiger partial charge in [0.1, 0.15) is 13.2 Å². The van der Waals surface area contributed by atoms with Crippen LogP contribution in [0.2, 0.25) is 0 Å². The highest BCUT2D eigenvalue weighted by atomic mass is 19.3. The SMILES string of the molecule is O=C(COCC(F)(F)C(F)F)c1cccc2ncccc12. The monoisotopic (exact) mass is 301 g/mol. The average Bonchev–Trinajstić information content (AvgIpc) is 2.46. The van der Waals surface area contributed by atoms with Crippen LogP contribution in [0.5, 0.6) is 0 Å². The minimum absolute atomic E-state index is 0.251. The van der Waals surface area contributed by atoms with Gasteiger partial charge in [-0.1, -0.05) is 18.2 Å². The van der Waals surface area contributed by atoms with Gasteiger partial charge >= 0.3 is 12.3 Å². The number of Topliss-reactive ketones (excluding diaryl/α,β-unsaturated/α-hetero) is 1. The van der Waals surface area contributed by atoms with E-state index in [2.05, 4.69) is 9.72 Å². The van der Waals surface area contributed by atoms with Crippen LogP contribution in [0.3, 0.4) is 0 Å². The first kappa shape index (κ1) is 15.4. The highest BCUT2D eigenvalue weighted by Gasteiger charge is 2.41. The third-order valence-corrected chi connectivity index (χ3v) is 2.79. The summed E-state index contributed by atoms with van der Waals surface area (Å²) in [6.07, 6.45) is -2.27. The van der Waals surface area contributed by atoms with Gasteiger partial charge in [0.25, 0.3) is 0 Å². The molecular formula is C14H11F4NO2. The van der Waals surface area contributed by atoms with Crippen molar-refractivity contribution in [2.24, 2.45) is 0 Å². The largest absolute Gasteiger partial charge is 0.367 e. The molecule has 1 aromatic carbocycles. The van der Waals surface area contributed by atoms with Crippen LogP contribution in [0.25, 0.3) is 10.9 Å². The van der Waals surface area contributed by atoms with Gasteiger partial charge in [-0.2, -0.15) is 8.78 Å². The molecule has 0 aliphatic rings. The Morgan fingerprint density at radius 1 is 1.24 bits per heavy atom. The normalized spacial score (nSPS) is 12.0. The number of carbonyl (C=O) groups excluding carboxylic acids is 1. The number of halogens is 4. The number of pyridine rings is 1. The van der Waals surface area contributed by atoms with Crippen LogP contribution in [-0.2, 0) is 4.74 Å². The number of hydrogen-bond donors (Lipinski definition) is 0. The van der Waals surface area contributed by atoms with Crippen LogP contribution >= 0.6 is 0 Å². The van der Waals surface area contributed by atoms with Crippen molar-refractivity contribution in [2.75, 3.05) is 13.2 Å². The van der Waals surface area contributed by atoms with Crippen molar-refractivity contribution >= 4 is 16.7 Å². The summed E-state index contributed by atoms with van der Waals surface area (Å²) in [5.41, 5.74) is 0.822. The number of benzene rings is 1. The Bertz CT molecular complexity index is 640. The van der Waals surface area contributed by atoms with Crippen molar-refractivity contribution in [3.05, 3.63) is 42.1 Å². The molecule has 3 nitrogen and oxygen atoms in total. The van der Waals surface area contributed by atoms with Crippen molar-refractivity contribution in [3.8, 4) is 0 Å². The molecular weight excluding hydrogens is 290 g/mol. The van der Waals surface area contributed by atoms with Gasteiger partial charge in [-0.15, -0.1) is 0 Å². The first-order valence-electron chi connectivity index (χ1n) is 6.02. The molecule has 1 aromatic heterocycles. The third-order valence-electron chi connectivity index (χ3n) is 2.79. The Kier molecular flexibility index (Phi) is 4.52. The number of hydrogen-bond acceptors (Lipinski definition) is 3. The van der Waals surface area contributed by atoms with E-state index < -0.39 is 31.3 Å². The summed E-state index contributed by atoms with van der Waals surface area (Å²) in [7, 11) is 0. The van der Waals surface area contributed by atoms with Crippen molar-refractivity contribution < 1.29 is 27.1 Å². The molecule has 0 unspecified atom stereocenters. The van der Waals surface area contributed by atoms with Crippen LogP contribution < -0.4 is 0 Å². The van der Waals surface area contributed by atoms with Gasteiger partial charge in [0.15, 0.2) is 5.78 Å². The zero-order valence-electron chi connectivity index (χ0n) is 10.7. The number of ketones is 1. The van der Waals surface area contributed by atoms with Gasteiger partial charge in [-0.25, -0.2) is 8.78 Å². The molecule has 0 N–H and O–H groups in total. The fourth-order valence-corrected chi connectivity index (χ4v) is 1.77. The highest BCUT2D eigenvalue weighted by molar-refractivity contribution is 6.07. The zero-order chi connectivity index (χ0) is 15.5. The van der Waals surface area contributed by atoms with Crippen molar-refractivity contribution in [3.63, 3.8) is 0 Å². The quantitative estimate of drug-likeness (QED) is 0.607. The van der Waals surface area contributed by atoms with Gasteiger partial charge in [0.2, 0.25) is 0 Å². The second-order valence-corrected chi connectivity index (χ2v) is 4.35. The molecule has 0 fully saturated rings. The predicted octanol–water partition coefficient (Wildman–Crippen LogP) is 3.33. The maximum atomic E-state index is 12.7. The summed E-state index contributed by atoms with van der Waals surface area (Å²) in [6, 6.07) is 8.07. The van der Waals surface area contributed by atoms with E-state index in [1.165, 1.54) is 6.07 Å². The minimum atomic E-state index is -4.26. The van der Waals surface area contributed by atoms with Crippen LogP contribution in [0, 0.1) is 0 Å². The zero-order valence-corrected chi connectivity index (χ0v) is 10.7. The third kappa shape index (κ3) is 3.55. The molecule has 112 valence electrons. The molecule has 0 aliphatic heterocycles.